The van der Waals surface area contributed by atoms with Gasteiger partial charge in [-0.1, -0.05) is 24.3 Å². The van der Waals surface area contributed by atoms with Crippen molar-refractivity contribution in [3.8, 4) is 11.5 Å². The van der Waals surface area contributed by atoms with Crippen LogP contribution in [0.15, 0.2) is 53.5 Å². The second kappa shape index (κ2) is 6.46. The SMILES string of the molecule is NCc1ccc(Oc2ccc(C3=CCN=C3)cc2C(=O)O)cc1. The Hall–Kier alpha value is -2.92. The van der Waals surface area contributed by atoms with Crippen molar-refractivity contribution in [1.82, 2.24) is 0 Å². The Morgan fingerprint density at radius 2 is 2.00 bits per heavy atom. The Morgan fingerprint density at radius 1 is 1.22 bits per heavy atom. The first-order valence-electron chi connectivity index (χ1n) is 7.22. The molecule has 3 rings (SSSR count). The number of hydrogen-bond donors (Lipinski definition) is 2. The van der Waals surface area contributed by atoms with Crippen LogP contribution in [0, 0.1) is 0 Å². The van der Waals surface area contributed by atoms with Gasteiger partial charge in [-0.3, -0.25) is 4.99 Å². The molecule has 0 atom stereocenters. The standard InChI is InChI=1S/C18H16N2O3/c19-10-12-1-4-15(5-2-12)23-17-6-3-13(9-16(17)18(21)22)14-7-8-20-11-14/h1-7,9,11H,8,10,19H2,(H,21,22). The van der Waals surface area contributed by atoms with E-state index in [0.717, 1.165) is 16.7 Å². The lowest BCUT2D eigenvalue weighted by atomic mass is 10.0. The second-order valence-electron chi connectivity index (χ2n) is 5.12. The first-order chi connectivity index (χ1) is 11.2. The minimum absolute atomic E-state index is 0.117. The minimum Gasteiger partial charge on any atom is -0.478 e. The number of carbonyl (C=O) groups is 1. The van der Waals surface area contributed by atoms with Crippen molar-refractivity contribution < 1.29 is 14.6 Å². The predicted molar refractivity (Wildman–Crippen MR) is 89.1 cm³/mol. The number of nitrogens with zero attached hydrogens (tertiary/aromatic N) is 1. The van der Waals surface area contributed by atoms with E-state index >= 15 is 0 Å². The Bertz CT molecular complexity index is 792. The fraction of sp³-hybridized carbons (Fsp3) is 0.111. The number of carboxylic acid groups (broad SMARTS) is 1. The zero-order valence-corrected chi connectivity index (χ0v) is 12.4. The molecule has 0 saturated carbocycles. The number of hydrogen-bond acceptors (Lipinski definition) is 4. The van der Waals surface area contributed by atoms with E-state index in [1.165, 1.54) is 0 Å². The number of rotatable bonds is 5. The van der Waals surface area contributed by atoms with Crippen molar-refractivity contribution in [3.63, 3.8) is 0 Å². The van der Waals surface area contributed by atoms with E-state index in [0.29, 0.717) is 24.6 Å². The summed E-state index contributed by atoms with van der Waals surface area (Å²) in [4.78, 5) is 15.6. The summed E-state index contributed by atoms with van der Waals surface area (Å²) in [7, 11) is 0. The summed E-state index contributed by atoms with van der Waals surface area (Å²) in [5.41, 5.74) is 8.40. The van der Waals surface area contributed by atoms with Crippen LogP contribution in [0.3, 0.4) is 0 Å². The lowest BCUT2D eigenvalue weighted by molar-refractivity contribution is 0.0694. The predicted octanol–water partition coefficient (Wildman–Crippen LogP) is 3.10. The summed E-state index contributed by atoms with van der Waals surface area (Å²) >= 11 is 0. The van der Waals surface area contributed by atoms with Gasteiger partial charge >= 0.3 is 5.97 Å². The Morgan fingerprint density at radius 3 is 2.61 bits per heavy atom. The van der Waals surface area contributed by atoms with Gasteiger partial charge in [0.25, 0.3) is 0 Å². The second-order valence-corrected chi connectivity index (χ2v) is 5.12. The van der Waals surface area contributed by atoms with Crippen LogP contribution >= 0.6 is 0 Å². The molecule has 0 bridgehead atoms. The molecule has 5 nitrogen and oxygen atoms in total. The molecule has 2 aromatic carbocycles. The first-order valence-corrected chi connectivity index (χ1v) is 7.22. The minimum atomic E-state index is -1.03. The largest absolute Gasteiger partial charge is 0.478 e. The quantitative estimate of drug-likeness (QED) is 0.888. The average molecular weight is 308 g/mol. The average Bonchev–Trinajstić information content (AvgIpc) is 3.10. The van der Waals surface area contributed by atoms with Crippen molar-refractivity contribution in [1.29, 1.82) is 0 Å². The van der Waals surface area contributed by atoms with E-state index < -0.39 is 5.97 Å². The van der Waals surface area contributed by atoms with Gasteiger partial charge in [-0.25, -0.2) is 4.79 Å². The maximum absolute atomic E-state index is 11.5. The van der Waals surface area contributed by atoms with E-state index in [9.17, 15) is 9.90 Å². The number of ether oxygens (including phenoxy) is 1. The molecule has 5 heteroatoms. The van der Waals surface area contributed by atoms with Gasteiger partial charge in [-0.05, 0) is 41.0 Å². The molecule has 116 valence electrons. The summed E-state index contributed by atoms with van der Waals surface area (Å²) in [6.07, 6.45) is 3.69. The van der Waals surface area contributed by atoms with Crippen LogP contribution in [0.4, 0.5) is 0 Å². The summed E-state index contributed by atoms with van der Waals surface area (Å²) < 4.78 is 5.71. The van der Waals surface area contributed by atoms with Crippen LogP contribution in [-0.4, -0.2) is 23.8 Å². The highest BCUT2D eigenvalue weighted by Gasteiger charge is 2.15. The third kappa shape index (κ3) is 3.30. The fourth-order valence-corrected chi connectivity index (χ4v) is 2.33. The molecular formula is C18H16N2O3. The van der Waals surface area contributed by atoms with Crippen LogP contribution < -0.4 is 10.5 Å². The zero-order valence-electron chi connectivity index (χ0n) is 12.4. The Kier molecular flexibility index (Phi) is 4.21. The molecule has 1 aliphatic rings. The topological polar surface area (TPSA) is 84.9 Å². The van der Waals surface area contributed by atoms with Crippen molar-refractivity contribution >= 4 is 17.8 Å². The van der Waals surface area contributed by atoms with Crippen LogP contribution in [0.25, 0.3) is 5.57 Å². The van der Waals surface area contributed by atoms with Gasteiger partial charge in [0.2, 0.25) is 0 Å². The van der Waals surface area contributed by atoms with Crippen molar-refractivity contribution in [2.75, 3.05) is 6.54 Å². The smallest absolute Gasteiger partial charge is 0.339 e. The summed E-state index contributed by atoms with van der Waals surface area (Å²) in [5, 5.41) is 9.44. The third-order valence-corrected chi connectivity index (χ3v) is 3.58. The first kappa shape index (κ1) is 15.0. The third-order valence-electron chi connectivity index (χ3n) is 3.58. The maximum atomic E-state index is 11.5. The van der Waals surface area contributed by atoms with Crippen LogP contribution in [-0.2, 0) is 6.54 Å². The molecule has 0 unspecified atom stereocenters. The van der Waals surface area contributed by atoms with Gasteiger partial charge in [0.15, 0.2) is 0 Å². The van der Waals surface area contributed by atoms with Crippen LogP contribution in [0.2, 0.25) is 0 Å². The number of nitrogens with two attached hydrogens (primary N) is 1. The van der Waals surface area contributed by atoms with Gasteiger partial charge in [0, 0.05) is 12.8 Å². The molecule has 3 N–H and O–H groups in total. The van der Waals surface area contributed by atoms with Gasteiger partial charge < -0.3 is 15.6 Å². The lowest BCUT2D eigenvalue weighted by Gasteiger charge is -2.11. The fourth-order valence-electron chi connectivity index (χ4n) is 2.33. The van der Waals surface area contributed by atoms with Crippen LogP contribution in [0.1, 0.15) is 21.5 Å². The number of aliphatic imine (C=N–C) groups is 1. The molecule has 1 aliphatic heterocycles. The molecule has 2 aromatic rings. The number of benzene rings is 2. The number of carboxylic acids is 1. The number of aromatic carboxylic acids is 1. The molecular weight excluding hydrogens is 292 g/mol. The van der Waals surface area contributed by atoms with E-state index in [4.69, 9.17) is 10.5 Å². The molecule has 0 spiro atoms. The summed E-state index contributed by atoms with van der Waals surface area (Å²) in [6, 6.07) is 12.4. The van der Waals surface area contributed by atoms with Gasteiger partial charge in [0.1, 0.15) is 17.1 Å². The monoisotopic (exact) mass is 308 g/mol. The van der Waals surface area contributed by atoms with Crippen LogP contribution in [0.5, 0.6) is 11.5 Å². The van der Waals surface area contributed by atoms with Crippen molar-refractivity contribution in [2.45, 2.75) is 6.54 Å². The van der Waals surface area contributed by atoms with E-state index in [1.807, 2.05) is 24.3 Å². The molecule has 0 saturated heterocycles. The van der Waals surface area contributed by atoms with Crippen molar-refractivity contribution in [3.05, 3.63) is 65.2 Å². The molecule has 23 heavy (non-hydrogen) atoms. The highest BCUT2D eigenvalue weighted by Crippen LogP contribution is 2.29. The molecule has 0 aromatic heterocycles. The molecule has 1 heterocycles. The molecule has 0 fully saturated rings. The van der Waals surface area contributed by atoms with Gasteiger partial charge in [0.05, 0.1) is 6.54 Å². The van der Waals surface area contributed by atoms with Gasteiger partial charge in [-0.2, -0.15) is 0 Å². The number of allylic oxidation sites excluding steroid dienone is 1. The normalized spacial score (nSPS) is 13.0. The molecule has 0 radical (unpaired) electrons. The zero-order chi connectivity index (χ0) is 16.2. The maximum Gasteiger partial charge on any atom is 0.339 e. The van der Waals surface area contributed by atoms with Crippen molar-refractivity contribution in [2.24, 2.45) is 10.7 Å². The molecule has 0 aliphatic carbocycles. The van der Waals surface area contributed by atoms with E-state index in [1.54, 1.807) is 30.5 Å². The van der Waals surface area contributed by atoms with E-state index in [2.05, 4.69) is 4.99 Å². The summed E-state index contributed by atoms with van der Waals surface area (Å²) in [5.74, 6) is -0.160. The highest BCUT2D eigenvalue weighted by atomic mass is 16.5. The van der Waals surface area contributed by atoms with Gasteiger partial charge in [-0.15, -0.1) is 0 Å². The Labute approximate surface area is 133 Å². The lowest BCUT2D eigenvalue weighted by Crippen LogP contribution is -2.02. The highest BCUT2D eigenvalue weighted by molar-refractivity contribution is 6.12. The molecule has 0 amide bonds. The van der Waals surface area contributed by atoms with E-state index in [-0.39, 0.29) is 5.56 Å². The Balaban J connectivity index is 1.91. The summed E-state index contributed by atoms with van der Waals surface area (Å²) in [6.45, 7) is 1.08.